The van der Waals surface area contributed by atoms with E-state index < -0.39 is 0 Å². The van der Waals surface area contributed by atoms with Crippen LogP contribution in [0.1, 0.15) is 78.6 Å². The monoisotopic (exact) mass is 348 g/mol. The largest absolute Gasteiger partial charge is 0.298 e. The molecule has 0 radical (unpaired) electrons. The van der Waals surface area contributed by atoms with Gasteiger partial charge in [0.1, 0.15) is 0 Å². The van der Waals surface area contributed by atoms with E-state index in [1.165, 1.54) is 0 Å². The molecule has 2 rings (SSSR count). The van der Waals surface area contributed by atoms with Gasteiger partial charge in [0.15, 0.2) is 12.6 Å². The summed E-state index contributed by atoms with van der Waals surface area (Å²) in [4.78, 5) is 23.3. The summed E-state index contributed by atoms with van der Waals surface area (Å²) in [7, 11) is 0. The van der Waals surface area contributed by atoms with Crippen LogP contribution in [0.4, 0.5) is 0 Å². The summed E-state index contributed by atoms with van der Waals surface area (Å²) in [5.74, 6) is 0. The van der Waals surface area contributed by atoms with Gasteiger partial charge in [-0.1, -0.05) is 25.1 Å². The SMILES string of the molecule is CCC=C(c1c(C)cc(C)c(C=O)c1C)c1c(C)cc(C)c(C=O)c1C. The zero-order valence-electron chi connectivity index (χ0n) is 16.9. The van der Waals surface area contributed by atoms with Crippen LogP contribution >= 0.6 is 0 Å². The van der Waals surface area contributed by atoms with Crippen molar-refractivity contribution in [3.63, 3.8) is 0 Å². The summed E-state index contributed by atoms with van der Waals surface area (Å²) >= 11 is 0. The van der Waals surface area contributed by atoms with Crippen molar-refractivity contribution in [1.29, 1.82) is 0 Å². The molecule has 0 atom stereocenters. The maximum Gasteiger partial charge on any atom is 0.150 e. The van der Waals surface area contributed by atoms with E-state index in [1.54, 1.807) is 0 Å². The number of carbonyl (C=O) groups excluding carboxylic acids is 2. The predicted octanol–water partition coefficient (Wildman–Crippen LogP) is 6.00. The number of aryl methyl sites for hydroxylation is 4. The topological polar surface area (TPSA) is 34.1 Å². The summed E-state index contributed by atoms with van der Waals surface area (Å²) in [6.45, 7) is 14.3. The van der Waals surface area contributed by atoms with E-state index in [0.717, 1.165) is 80.2 Å². The van der Waals surface area contributed by atoms with E-state index in [-0.39, 0.29) is 0 Å². The second-order valence-corrected chi connectivity index (χ2v) is 7.11. The van der Waals surface area contributed by atoms with E-state index >= 15 is 0 Å². The fraction of sp³-hybridized carbons (Fsp3) is 0.333. The minimum absolute atomic E-state index is 0.755. The Hall–Kier alpha value is -2.48. The second-order valence-electron chi connectivity index (χ2n) is 7.11. The van der Waals surface area contributed by atoms with Crippen LogP contribution in [0.5, 0.6) is 0 Å². The highest BCUT2D eigenvalue weighted by atomic mass is 16.1. The standard InChI is InChI=1S/C24H28O2/c1-8-9-20(23-16(4)10-14(2)21(12-25)18(23)6)24-17(5)11-15(3)22(13-26)19(24)7/h9-13H,8H2,1-7H3. The van der Waals surface area contributed by atoms with Crippen LogP contribution in [0.25, 0.3) is 5.57 Å². The van der Waals surface area contributed by atoms with Crippen LogP contribution in [-0.2, 0) is 0 Å². The lowest BCUT2D eigenvalue weighted by molar-refractivity contribution is 0.111. The summed E-state index contributed by atoms with van der Waals surface area (Å²) < 4.78 is 0. The third-order valence-electron chi connectivity index (χ3n) is 5.25. The zero-order chi connectivity index (χ0) is 19.6. The Labute approximate surface area is 157 Å². The molecule has 2 aromatic rings. The van der Waals surface area contributed by atoms with E-state index in [1.807, 2.05) is 27.7 Å². The molecule has 0 heterocycles. The molecule has 0 saturated carbocycles. The van der Waals surface area contributed by atoms with E-state index in [9.17, 15) is 9.59 Å². The molecular formula is C24H28O2. The molecule has 0 aromatic heterocycles. The molecule has 0 unspecified atom stereocenters. The van der Waals surface area contributed by atoms with Gasteiger partial charge in [0.2, 0.25) is 0 Å². The average molecular weight is 348 g/mol. The highest BCUT2D eigenvalue weighted by Gasteiger charge is 2.20. The Morgan fingerprint density at radius 1 is 0.731 bits per heavy atom. The Kier molecular flexibility index (Phi) is 5.97. The van der Waals surface area contributed by atoms with Crippen LogP contribution in [0.2, 0.25) is 0 Å². The van der Waals surface area contributed by atoms with Crippen LogP contribution in [-0.4, -0.2) is 12.6 Å². The number of benzene rings is 2. The van der Waals surface area contributed by atoms with Crippen LogP contribution in [0.3, 0.4) is 0 Å². The van der Waals surface area contributed by atoms with Gasteiger partial charge < -0.3 is 0 Å². The molecule has 136 valence electrons. The molecule has 0 aliphatic heterocycles. The van der Waals surface area contributed by atoms with E-state index in [0.29, 0.717) is 0 Å². The van der Waals surface area contributed by atoms with Gasteiger partial charge in [0.05, 0.1) is 0 Å². The number of hydrogen-bond acceptors (Lipinski definition) is 2. The Balaban J connectivity index is 2.94. The molecule has 0 aliphatic carbocycles. The lowest BCUT2D eigenvalue weighted by atomic mass is 9.81. The Morgan fingerprint density at radius 3 is 1.42 bits per heavy atom. The molecule has 0 amide bonds. The van der Waals surface area contributed by atoms with E-state index in [2.05, 4.69) is 39.0 Å². The fourth-order valence-corrected chi connectivity index (χ4v) is 4.13. The van der Waals surface area contributed by atoms with Crippen molar-refractivity contribution in [3.05, 3.63) is 73.8 Å². The van der Waals surface area contributed by atoms with Crippen molar-refractivity contribution < 1.29 is 9.59 Å². The Morgan fingerprint density at radius 2 is 1.12 bits per heavy atom. The number of aldehydes is 2. The molecule has 0 spiro atoms. The zero-order valence-corrected chi connectivity index (χ0v) is 16.9. The molecule has 26 heavy (non-hydrogen) atoms. The highest BCUT2D eigenvalue weighted by Crippen LogP contribution is 2.36. The third-order valence-corrected chi connectivity index (χ3v) is 5.25. The second kappa shape index (κ2) is 7.82. The smallest absolute Gasteiger partial charge is 0.150 e. The molecule has 0 bridgehead atoms. The minimum Gasteiger partial charge on any atom is -0.298 e. The average Bonchev–Trinajstić information content (AvgIpc) is 2.54. The first kappa shape index (κ1) is 19.8. The highest BCUT2D eigenvalue weighted by molar-refractivity contribution is 5.93. The molecule has 0 aliphatic rings. The molecular weight excluding hydrogens is 320 g/mol. The van der Waals surface area contributed by atoms with Crippen LogP contribution < -0.4 is 0 Å². The van der Waals surface area contributed by atoms with Gasteiger partial charge >= 0.3 is 0 Å². The summed E-state index contributed by atoms with van der Waals surface area (Å²) in [5.41, 5.74) is 11.1. The maximum absolute atomic E-state index is 11.6. The van der Waals surface area contributed by atoms with Gasteiger partial charge in [-0.3, -0.25) is 9.59 Å². The van der Waals surface area contributed by atoms with Crippen LogP contribution in [0.15, 0.2) is 18.2 Å². The van der Waals surface area contributed by atoms with Gasteiger partial charge in [0.25, 0.3) is 0 Å². The van der Waals surface area contributed by atoms with Gasteiger partial charge in [-0.05, 0) is 98.0 Å². The predicted molar refractivity (Wildman–Crippen MR) is 109 cm³/mol. The van der Waals surface area contributed by atoms with Crippen molar-refractivity contribution in [1.82, 2.24) is 0 Å². The fourth-order valence-electron chi connectivity index (χ4n) is 4.13. The third kappa shape index (κ3) is 3.29. The minimum atomic E-state index is 0.755. The molecule has 0 saturated heterocycles. The van der Waals surface area contributed by atoms with Crippen molar-refractivity contribution >= 4 is 18.1 Å². The van der Waals surface area contributed by atoms with Gasteiger partial charge in [0, 0.05) is 11.1 Å². The van der Waals surface area contributed by atoms with Gasteiger partial charge in [-0.15, -0.1) is 0 Å². The molecule has 2 nitrogen and oxygen atoms in total. The van der Waals surface area contributed by atoms with Crippen molar-refractivity contribution in [3.8, 4) is 0 Å². The lowest BCUT2D eigenvalue weighted by Gasteiger charge is -2.22. The number of allylic oxidation sites excluding steroid dienone is 1. The Bertz CT molecular complexity index is 843. The van der Waals surface area contributed by atoms with Crippen LogP contribution in [0, 0.1) is 41.5 Å². The first-order valence-electron chi connectivity index (χ1n) is 9.11. The maximum atomic E-state index is 11.6. The molecule has 0 N–H and O–H groups in total. The summed E-state index contributed by atoms with van der Waals surface area (Å²) in [6, 6.07) is 4.16. The van der Waals surface area contributed by atoms with Gasteiger partial charge in [-0.2, -0.15) is 0 Å². The first-order valence-corrected chi connectivity index (χ1v) is 9.11. The van der Waals surface area contributed by atoms with Crippen molar-refractivity contribution in [2.24, 2.45) is 0 Å². The quantitative estimate of drug-likeness (QED) is 0.621. The van der Waals surface area contributed by atoms with Crippen molar-refractivity contribution in [2.75, 3.05) is 0 Å². The first-order chi connectivity index (χ1) is 12.3. The summed E-state index contributed by atoms with van der Waals surface area (Å²) in [5, 5.41) is 0. The number of rotatable bonds is 5. The van der Waals surface area contributed by atoms with E-state index in [4.69, 9.17) is 0 Å². The van der Waals surface area contributed by atoms with Gasteiger partial charge in [-0.25, -0.2) is 0 Å². The van der Waals surface area contributed by atoms with Crippen molar-refractivity contribution in [2.45, 2.75) is 54.9 Å². The normalized spacial score (nSPS) is 10.6. The molecule has 2 aromatic carbocycles. The molecule has 2 heteroatoms. The lowest BCUT2D eigenvalue weighted by Crippen LogP contribution is -2.06. The summed E-state index contributed by atoms with van der Waals surface area (Å²) in [6.07, 6.45) is 4.98. The molecule has 0 fully saturated rings. The number of hydrogen-bond donors (Lipinski definition) is 0. The number of carbonyl (C=O) groups is 2.